The van der Waals surface area contributed by atoms with Gasteiger partial charge in [-0.3, -0.25) is 4.79 Å². The molecule has 0 N–H and O–H groups in total. The molecular weight excluding hydrogens is 280 g/mol. The zero-order valence-corrected chi connectivity index (χ0v) is 14.3. The first kappa shape index (κ1) is 19.7. The second-order valence-electron chi connectivity index (χ2n) is 5.34. The molecule has 0 saturated carbocycles. The van der Waals surface area contributed by atoms with Crippen molar-refractivity contribution in [1.82, 2.24) is 0 Å². The van der Waals surface area contributed by atoms with Crippen LogP contribution in [0.3, 0.4) is 0 Å². The zero-order valence-electron chi connectivity index (χ0n) is 13.6. The van der Waals surface area contributed by atoms with Crippen molar-refractivity contribution in [3.05, 3.63) is 0 Å². The van der Waals surface area contributed by atoms with Gasteiger partial charge in [0.15, 0.2) is 5.79 Å². The Balaban J connectivity index is 0.00000172. The molecule has 0 aromatic carbocycles. The largest absolute Gasteiger partial charge is 0.463 e. The maximum absolute atomic E-state index is 11.6. The lowest BCUT2D eigenvalue weighted by molar-refractivity contribution is -0.299. The maximum Gasteiger partial charge on any atom is 0.308 e. The van der Waals surface area contributed by atoms with Gasteiger partial charge in [0.2, 0.25) is 0 Å². The van der Waals surface area contributed by atoms with Crippen molar-refractivity contribution in [2.45, 2.75) is 84.9 Å². The van der Waals surface area contributed by atoms with Crippen LogP contribution < -0.4 is 0 Å². The molecule has 120 valence electrons. The van der Waals surface area contributed by atoms with Crippen molar-refractivity contribution >= 4 is 17.6 Å². The highest BCUT2D eigenvalue weighted by Gasteiger charge is 2.36. The number of hydrogen-bond donors (Lipinski definition) is 0. The molecule has 2 unspecified atom stereocenters. The number of halogens is 1. The molecule has 1 rings (SSSR count). The van der Waals surface area contributed by atoms with E-state index in [2.05, 4.69) is 0 Å². The molecule has 1 aliphatic rings. The lowest BCUT2D eigenvalue weighted by atomic mass is 10.0. The Hall–Kier alpha value is -0.320. The van der Waals surface area contributed by atoms with Gasteiger partial charge in [-0.05, 0) is 34.1 Å². The molecule has 1 aliphatic heterocycles. The highest BCUT2D eigenvalue weighted by molar-refractivity contribution is 6.17. The highest BCUT2D eigenvalue weighted by Crippen LogP contribution is 2.30. The molecule has 0 aromatic heterocycles. The van der Waals surface area contributed by atoms with Gasteiger partial charge in [0.05, 0.1) is 24.7 Å². The average Bonchev–Trinajstić information content (AvgIpc) is 2.28. The normalized spacial score (nSPS) is 24.8. The van der Waals surface area contributed by atoms with Crippen molar-refractivity contribution in [2.75, 3.05) is 5.88 Å². The minimum atomic E-state index is -0.669. The van der Waals surface area contributed by atoms with Crippen LogP contribution in [0.15, 0.2) is 0 Å². The quantitative estimate of drug-likeness (QED) is 0.571. The summed E-state index contributed by atoms with van der Waals surface area (Å²) in [4.78, 5) is 11.6. The third-order valence-corrected chi connectivity index (χ3v) is 2.84. The van der Waals surface area contributed by atoms with Gasteiger partial charge in [-0.25, -0.2) is 0 Å². The molecule has 1 saturated heterocycles. The minimum Gasteiger partial charge on any atom is -0.463 e. The lowest BCUT2D eigenvalue weighted by Crippen LogP contribution is -2.45. The Morgan fingerprint density at radius 1 is 1.30 bits per heavy atom. The first-order valence-corrected chi connectivity index (χ1v) is 7.97. The second-order valence-corrected chi connectivity index (χ2v) is 5.71. The van der Waals surface area contributed by atoms with Crippen molar-refractivity contribution in [1.29, 1.82) is 0 Å². The predicted molar refractivity (Wildman–Crippen MR) is 81.0 cm³/mol. The van der Waals surface area contributed by atoms with E-state index >= 15 is 0 Å². The van der Waals surface area contributed by atoms with Crippen LogP contribution in [0.5, 0.6) is 0 Å². The Morgan fingerprint density at radius 3 is 2.35 bits per heavy atom. The molecule has 0 amide bonds. The monoisotopic (exact) mass is 308 g/mol. The standard InChI is InChI=1S/C13H23ClO4.C2H6/c1-9(2)16-12(15)8-11-7-10(5-6-14)17-13(3,4)18-11;1-2/h9-11H,5-8H2,1-4H3;1-2H3. The molecule has 0 radical (unpaired) electrons. The highest BCUT2D eigenvalue weighted by atomic mass is 35.5. The van der Waals surface area contributed by atoms with Crippen LogP contribution in [0.25, 0.3) is 0 Å². The van der Waals surface area contributed by atoms with E-state index < -0.39 is 5.79 Å². The third kappa shape index (κ3) is 8.08. The van der Waals surface area contributed by atoms with Crippen LogP contribution in [0.1, 0.15) is 60.8 Å². The number of rotatable bonds is 5. The van der Waals surface area contributed by atoms with E-state index in [1.54, 1.807) is 0 Å². The Labute approximate surface area is 128 Å². The van der Waals surface area contributed by atoms with Crippen LogP contribution in [-0.4, -0.2) is 35.9 Å². The van der Waals surface area contributed by atoms with E-state index in [0.717, 1.165) is 6.42 Å². The number of ether oxygens (including phenoxy) is 3. The van der Waals surface area contributed by atoms with Crippen LogP contribution >= 0.6 is 11.6 Å². The summed E-state index contributed by atoms with van der Waals surface area (Å²) in [5, 5.41) is 0. The molecule has 2 atom stereocenters. The summed E-state index contributed by atoms with van der Waals surface area (Å²) in [6, 6.07) is 0. The van der Waals surface area contributed by atoms with Gasteiger partial charge in [-0.1, -0.05) is 13.8 Å². The molecule has 4 nitrogen and oxygen atoms in total. The lowest BCUT2D eigenvalue weighted by Gasteiger charge is -2.40. The number of carbonyl (C=O) groups is 1. The van der Waals surface area contributed by atoms with Crippen LogP contribution in [0.4, 0.5) is 0 Å². The molecule has 20 heavy (non-hydrogen) atoms. The van der Waals surface area contributed by atoms with E-state index in [0.29, 0.717) is 12.3 Å². The fourth-order valence-corrected chi connectivity index (χ4v) is 2.38. The minimum absolute atomic E-state index is 0.0445. The number of alkyl halides is 1. The van der Waals surface area contributed by atoms with E-state index in [1.165, 1.54) is 0 Å². The van der Waals surface area contributed by atoms with Gasteiger partial charge < -0.3 is 14.2 Å². The smallest absolute Gasteiger partial charge is 0.308 e. The Morgan fingerprint density at radius 2 is 1.85 bits per heavy atom. The summed E-state index contributed by atoms with van der Waals surface area (Å²) in [6.45, 7) is 11.4. The van der Waals surface area contributed by atoms with Crippen LogP contribution in [0.2, 0.25) is 0 Å². The second kappa shape index (κ2) is 9.59. The van der Waals surface area contributed by atoms with Gasteiger partial charge in [0.25, 0.3) is 0 Å². The van der Waals surface area contributed by atoms with Gasteiger partial charge >= 0.3 is 5.97 Å². The first-order chi connectivity index (χ1) is 9.32. The summed E-state index contributed by atoms with van der Waals surface area (Å²) >= 11 is 5.74. The molecule has 1 fully saturated rings. The fraction of sp³-hybridized carbons (Fsp3) is 0.933. The summed E-state index contributed by atoms with van der Waals surface area (Å²) in [6.07, 6.45) is 1.51. The van der Waals surface area contributed by atoms with Crippen LogP contribution in [0, 0.1) is 0 Å². The van der Waals surface area contributed by atoms with E-state index in [1.807, 2.05) is 41.5 Å². The number of carbonyl (C=O) groups excluding carboxylic acids is 1. The molecule has 0 aromatic rings. The Bertz CT molecular complexity index is 279. The van der Waals surface area contributed by atoms with Crippen molar-refractivity contribution < 1.29 is 19.0 Å². The SMILES string of the molecule is CC.CC(C)OC(=O)CC1CC(CCCl)OC(C)(C)O1. The van der Waals surface area contributed by atoms with Gasteiger partial charge in [0.1, 0.15) is 0 Å². The van der Waals surface area contributed by atoms with E-state index in [4.69, 9.17) is 25.8 Å². The zero-order chi connectivity index (χ0) is 15.8. The van der Waals surface area contributed by atoms with Crippen molar-refractivity contribution in [3.63, 3.8) is 0 Å². The topological polar surface area (TPSA) is 44.8 Å². The van der Waals surface area contributed by atoms with Crippen molar-refractivity contribution in [3.8, 4) is 0 Å². The molecule has 0 spiro atoms. The molecule has 0 aliphatic carbocycles. The number of esters is 1. The predicted octanol–water partition coefficient (Wildman–Crippen LogP) is 3.89. The summed E-state index contributed by atoms with van der Waals surface area (Å²) in [5.41, 5.74) is 0. The summed E-state index contributed by atoms with van der Waals surface area (Å²) in [5.74, 6) is -0.348. The third-order valence-electron chi connectivity index (χ3n) is 2.62. The van der Waals surface area contributed by atoms with E-state index in [9.17, 15) is 4.79 Å². The molecule has 1 heterocycles. The molecule has 0 bridgehead atoms. The van der Waals surface area contributed by atoms with E-state index in [-0.39, 0.29) is 30.7 Å². The maximum atomic E-state index is 11.6. The average molecular weight is 309 g/mol. The molecule has 5 heteroatoms. The summed E-state index contributed by atoms with van der Waals surface area (Å²) in [7, 11) is 0. The first-order valence-electron chi connectivity index (χ1n) is 7.43. The van der Waals surface area contributed by atoms with Gasteiger partial charge in [-0.2, -0.15) is 0 Å². The molecular formula is C15H29ClO4. The fourth-order valence-electron chi connectivity index (χ4n) is 2.14. The number of hydrogen-bond acceptors (Lipinski definition) is 4. The van der Waals surface area contributed by atoms with Gasteiger partial charge in [-0.15, -0.1) is 11.6 Å². The Kier molecular flexibility index (Phi) is 9.43. The summed E-state index contributed by atoms with van der Waals surface area (Å²) < 4.78 is 16.6. The van der Waals surface area contributed by atoms with Crippen molar-refractivity contribution in [2.24, 2.45) is 0 Å². The van der Waals surface area contributed by atoms with Crippen LogP contribution in [-0.2, 0) is 19.0 Å². The van der Waals surface area contributed by atoms with Gasteiger partial charge in [0, 0.05) is 12.3 Å².